The number of nitrogens with one attached hydrogen (secondary N) is 1. The maximum Gasteiger partial charge on any atom is 0.337 e. The lowest BCUT2D eigenvalue weighted by Gasteiger charge is -2.09. The summed E-state index contributed by atoms with van der Waals surface area (Å²) in [6.07, 6.45) is 2.91. The zero-order valence-corrected chi connectivity index (χ0v) is 16.9. The fourth-order valence-electron chi connectivity index (χ4n) is 2.26. The van der Waals surface area contributed by atoms with Crippen LogP contribution in [0.1, 0.15) is 15.9 Å². The van der Waals surface area contributed by atoms with E-state index in [9.17, 15) is 14.9 Å². The molecule has 0 unspecified atom stereocenters. The SMILES string of the molecule is C=CCOc1c(Cl)cc(/C=C(\C#N)C(=O)Nc2ccc(C(=O)OC)cc2)cc1Cl. The van der Waals surface area contributed by atoms with Gasteiger partial charge < -0.3 is 14.8 Å². The molecule has 1 amide bonds. The fourth-order valence-corrected chi connectivity index (χ4v) is 2.88. The Kier molecular flexibility index (Phi) is 7.84. The Hall–Kier alpha value is -3.27. The van der Waals surface area contributed by atoms with Crippen LogP contribution in [-0.4, -0.2) is 25.6 Å². The zero-order chi connectivity index (χ0) is 21.4. The highest BCUT2D eigenvalue weighted by Gasteiger charge is 2.13. The fraction of sp³-hybridized carbons (Fsp3) is 0.0952. The molecule has 0 aliphatic heterocycles. The van der Waals surface area contributed by atoms with Gasteiger partial charge in [-0.1, -0.05) is 35.9 Å². The van der Waals surface area contributed by atoms with Crippen LogP contribution >= 0.6 is 23.2 Å². The minimum atomic E-state index is -0.627. The van der Waals surface area contributed by atoms with E-state index in [4.69, 9.17) is 27.9 Å². The van der Waals surface area contributed by atoms with Gasteiger partial charge in [-0.2, -0.15) is 5.26 Å². The number of esters is 1. The molecule has 0 atom stereocenters. The van der Waals surface area contributed by atoms with Crippen molar-refractivity contribution >= 4 is 46.8 Å². The molecular formula is C21H16Cl2N2O4. The number of methoxy groups -OCH3 is 1. The van der Waals surface area contributed by atoms with Crippen molar-refractivity contribution < 1.29 is 19.1 Å². The topological polar surface area (TPSA) is 88.4 Å². The molecule has 2 aromatic carbocycles. The first kappa shape index (κ1) is 22.0. The lowest BCUT2D eigenvalue weighted by atomic mass is 10.1. The van der Waals surface area contributed by atoms with Crippen molar-refractivity contribution in [1.82, 2.24) is 0 Å². The van der Waals surface area contributed by atoms with Gasteiger partial charge in [0.1, 0.15) is 18.2 Å². The molecule has 2 rings (SSSR count). The first-order chi connectivity index (χ1) is 13.9. The second-order valence-electron chi connectivity index (χ2n) is 5.61. The van der Waals surface area contributed by atoms with Crippen LogP contribution in [0.4, 0.5) is 5.69 Å². The minimum Gasteiger partial charge on any atom is -0.486 e. The summed E-state index contributed by atoms with van der Waals surface area (Å²) >= 11 is 12.3. The first-order valence-electron chi connectivity index (χ1n) is 8.23. The van der Waals surface area contributed by atoms with E-state index in [-0.39, 0.29) is 22.2 Å². The van der Waals surface area contributed by atoms with Crippen molar-refractivity contribution in [2.75, 3.05) is 19.0 Å². The predicted octanol–water partition coefficient (Wildman–Crippen LogP) is 4.89. The average molecular weight is 431 g/mol. The number of ether oxygens (including phenoxy) is 2. The largest absolute Gasteiger partial charge is 0.486 e. The Morgan fingerprint density at radius 3 is 2.34 bits per heavy atom. The van der Waals surface area contributed by atoms with Crippen LogP contribution < -0.4 is 10.1 Å². The Bertz CT molecular complexity index is 985. The van der Waals surface area contributed by atoms with Crippen molar-refractivity contribution in [1.29, 1.82) is 5.26 Å². The molecule has 0 spiro atoms. The molecule has 0 saturated heterocycles. The van der Waals surface area contributed by atoms with E-state index in [0.29, 0.717) is 22.6 Å². The zero-order valence-electron chi connectivity index (χ0n) is 15.4. The van der Waals surface area contributed by atoms with Crippen molar-refractivity contribution in [3.63, 3.8) is 0 Å². The Morgan fingerprint density at radius 1 is 1.21 bits per heavy atom. The standard InChI is InChI=1S/C21H16Cl2N2O4/c1-3-8-29-19-17(22)10-13(11-18(19)23)9-15(12-24)20(26)25-16-6-4-14(5-7-16)21(27)28-2/h3-7,9-11H,1,8H2,2H3,(H,25,26)/b15-9+. The molecule has 0 heterocycles. The molecule has 6 nitrogen and oxygen atoms in total. The second-order valence-corrected chi connectivity index (χ2v) is 6.42. The molecule has 0 saturated carbocycles. The van der Waals surface area contributed by atoms with Gasteiger partial charge in [0.05, 0.1) is 22.7 Å². The highest BCUT2D eigenvalue weighted by Crippen LogP contribution is 2.35. The third-order valence-electron chi connectivity index (χ3n) is 3.61. The Labute approximate surface area is 177 Å². The molecule has 0 fully saturated rings. The highest BCUT2D eigenvalue weighted by atomic mass is 35.5. The summed E-state index contributed by atoms with van der Waals surface area (Å²) in [5, 5.41) is 12.4. The van der Waals surface area contributed by atoms with Gasteiger partial charge in [-0.3, -0.25) is 4.79 Å². The van der Waals surface area contributed by atoms with Gasteiger partial charge >= 0.3 is 5.97 Å². The maximum atomic E-state index is 12.4. The van der Waals surface area contributed by atoms with E-state index in [1.807, 2.05) is 6.07 Å². The molecule has 0 aromatic heterocycles. The molecule has 2 aromatic rings. The summed E-state index contributed by atoms with van der Waals surface area (Å²) in [6, 6.07) is 11.0. The third-order valence-corrected chi connectivity index (χ3v) is 4.17. The lowest BCUT2D eigenvalue weighted by molar-refractivity contribution is -0.112. The van der Waals surface area contributed by atoms with Gasteiger partial charge in [-0.25, -0.2) is 4.79 Å². The van der Waals surface area contributed by atoms with Crippen LogP contribution in [0.5, 0.6) is 5.75 Å². The summed E-state index contributed by atoms with van der Waals surface area (Å²) < 4.78 is 10.00. The molecule has 0 radical (unpaired) electrons. The maximum absolute atomic E-state index is 12.4. The number of carbonyl (C=O) groups is 2. The molecule has 29 heavy (non-hydrogen) atoms. The minimum absolute atomic E-state index is 0.158. The highest BCUT2D eigenvalue weighted by molar-refractivity contribution is 6.37. The van der Waals surface area contributed by atoms with Gasteiger partial charge in [0.15, 0.2) is 5.75 Å². The summed E-state index contributed by atoms with van der Waals surface area (Å²) in [5.74, 6) is -0.827. The van der Waals surface area contributed by atoms with Crippen molar-refractivity contribution in [2.24, 2.45) is 0 Å². The number of carbonyl (C=O) groups excluding carboxylic acids is 2. The molecular weight excluding hydrogens is 415 g/mol. The van der Waals surface area contributed by atoms with Gasteiger partial charge in [0.2, 0.25) is 0 Å². The van der Waals surface area contributed by atoms with Gasteiger partial charge in [-0.05, 0) is 48.0 Å². The van der Waals surface area contributed by atoms with Crippen LogP contribution in [0.2, 0.25) is 10.0 Å². The van der Waals surface area contributed by atoms with Gasteiger partial charge in [0, 0.05) is 5.69 Å². The quantitative estimate of drug-likeness (QED) is 0.292. The number of hydrogen-bond acceptors (Lipinski definition) is 5. The van der Waals surface area contributed by atoms with Crippen LogP contribution in [0, 0.1) is 11.3 Å². The number of benzene rings is 2. The number of halogens is 2. The van der Waals surface area contributed by atoms with Crippen molar-refractivity contribution in [3.05, 3.63) is 75.8 Å². The number of nitrogens with zero attached hydrogens (tertiary/aromatic N) is 1. The number of hydrogen-bond donors (Lipinski definition) is 1. The first-order valence-corrected chi connectivity index (χ1v) is 8.99. The Balaban J connectivity index is 2.21. The predicted molar refractivity (Wildman–Crippen MR) is 112 cm³/mol. The molecule has 8 heteroatoms. The molecule has 0 bridgehead atoms. The van der Waals surface area contributed by atoms with Crippen LogP contribution in [0.3, 0.4) is 0 Å². The van der Waals surface area contributed by atoms with Crippen molar-refractivity contribution in [2.45, 2.75) is 0 Å². The van der Waals surface area contributed by atoms with Gasteiger partial charge in [-0.15, -0.1) is 0 Å². The average Bonchev–Trinajstić information content (AvgIpc) is 2.71. The second kappa shape index (κ2) is 10.3. The normalized spacial score (nSPS) is 10.6. The lowest BCUT2D eigenvalue weighted by Crippen LogP contribution is -2.13. The van der Waals surface area contributed by atoms with E-state index < -0.39 is 11.9 Å². The number of amides is 1. The van der Waals surface area contributed by atoms with Gasteiger partial charge in [0.25, 0.3) is 5.91 Å². The summed E-state index contributed by atoms with van der Waals surface area (Å²) in [7, 11) is 1.28. The molecule has 0 aliphatic rings. The monoisotopic (exact) mass is 430 g/mol. The number of anilines is 1. The smallest absolute Gasteiger partial charge is 0.337 e. The summed E-state index contributed by atoms with van der Waals surface area (Å²) in [4.78, 5) is 23.9. The van der Waals surface area contributed by atoms with Crippen LogP contribution in [-0.2, 0) is 9.53 Å². The number of rotatable bonds is 7. The summed E-state index contributed by atoms with van der Waals surface area (Å²) in [5.41, 5.74) is 1.05. The molecule has 1 N–H and O–H groups in total. The summed E-state index contributed by atoms with van der Waals surface area (Å²) in [6.45, 7) is 3.78. The van der Waals surface area contributed by atoms with E-state index in [1.165, 1.54) is 49.6 Å². The van der Waals surface area contributed by atoms with E-state index in [2.05, 4.69) is 16.6 Å². The molecule has 148 valence electrons. The third kappa shape index (κ3) is 5.85. The van der Waals surface area contributed by atoms with Crippen LogP contribution in [0.15, 0.2) is 54.6 Å². The Morgan fingerprint density at radius 2 is 1.83 bits per heavy atom. The number of nitriles is 1. The van der Waals surface area contributed by atoms with Crippen molar-refractivity contribution in [3.8, 4) is 11.8 Å². The van der Waals surface area contributed by atoms with E-state index >= 15 is 0 Å². The molecule has 0 aliphatic carbocycles. The van der Waals surface area contributed by atoms with E-state index in [0.717, 1.165) is 0 Å². The van der Waals surface area contributed by atoms with E-state index in [1.54, 1.807) is 6.08 Å². The van der Waals surface area contributed by atoms with Crippen LogP contribution in [0.25, 0.3) is 6.08 Å².